The van der Waals surface area contributed by atoms with E-state index in [9.17, 15) is 25.5 Å². The van der Waals surface area contributed by atoms with Crippen LogP contribution in [0.5, 0.6) is 0 Å². The third-order valence-corrected chi connectivity index (χ3v) is 3.53. The molecule has 21 heavy (non-hydrogen) atoms. The molecule has 126 valence electrons. The molecule has 8 N–H and O–H groups in total. The van der Waals surface area contributed by atoms with Gasteiger partial charge >= 0.3 is 0 Å². The number of aliphatic hydroxyl groups excluding tert-OH is 6. The minimum atomic E-state index is -1.66. The maximum absolute atomic E-state index is 9.81. The van der Waals surface area contributed by atoms with Crippen LogP contribution in [0.3, 0.4) is 0 Å². The lowest BCUT2D eigenvalue weighted by Crippen LogP contribution is -2.53. The molecule has 9 heteroatoms. The Morgan fingerprint density at radius 2 is 1.52 bits per heavy atom. The van der Waals surface area contributed by atoms with Crippen LogP contribution in [0.4, 0.5) is 0 Å². The Morgan fingerprint density at radius 3 is 2.10 bits per heavy atom. The molecule has 5 atom stereocenters. The van der Waals surface area contributed by atoms with E-state index in [1.807, 2.05) is 0 Å². The van der Waals surface area contributed by atoms with Crippen molar-refractivity contribution in [1.29, 1.82) is 0 Å². The van der Waals surface area contributed by atoms with Gasteiger partial charge in [0.1, 0.15) is 24.5 Å². The van der Waals surface area contributed by atoms with E-state index in [-0.39, 0.29) is 6.54 Å². The summed E-state index contributed by atoms with van der Waals surface area (Å²) in [5, 5.41) is 62.3. The van der Waals surface area contributed by atoms with E-state index in [2.05, 4.69) is 15.5 Å². The van der Waals surface area contributed by atoms with E-state index in [1.54, 1.807) is 0 Å². The van der Waals surface area contributed by atoms with Crippen molar-refractivity contribution in [3.8, 4) is 0 Å². The van der Waals surface area contributed by atoms with E-state index in [4.69, 9.17) is 5.11 Å². The summed E-state index contributed by atoms with van der Waals surface area (Å²) in [7, 11) is 0. The van der Waals surface area contributed by atoms with Crippen molar-refractivity contribution < 1.29 is 30.6 Å². The summed E-state index contributed by atoms with van der Waals surface area (Å²) in [5.41, 5.74) is 0. The van der Waals surface area contributed by atoms with Gasteiger partial charge in [0.05, 0.1) is 12.7 Å². The number of piperazine rings is 1. The first kappa shape index (κ1) is 18.7. The zero-order chi connectivity index (χ0) is 15.8. The third-order valence-electron chi connectivity index (χ3n) is 3.53. The fraction of sp³-hybridized carbons (Fsp3) is 1.00. The van der Waals surface area contributed by atoms with Crippen LogP contribution >= 0.6 is 0 Å². The van der Waals surface area contributed by atoms with E-state index >= 15 is 0 Å². The Labute approximate surface area is 123 Å². The molecule has 1 rings (SSSR count). The molecule has 0 bridgehead atoms. The lowest BCUT2D eigenvalue weighted by Gasteiger charge is -2.30. The van der Waals surface area contributed by atoms with E-state index in [1.165, 1.54) is 0 Å². The quantitative estimate of drug-likeness (QED) is 0.196. The monoisotopic (exact) mass is 309 g/mol. The van der Waals surface area contributed by atoms with Gasteiger partial charge in [-0.2, -0.15) is 0 Å². The van der Waals surface area contributed by atoms with Gasteiger partial charge < -0.3 is 36.0 Å². The molecule has 9 nitrogen and oxygen atoms in total. The zero-order valence-electron chi connectivity index (χ0n) is 12.0. The first-order valence-electron chi connectivity index (χ1n) is 7.13. The average molecular weight is 309 g/mol. The molecule has 1 heterocycles. The Hall–Kier alpha value is -0.360. The van der Waals surface area contributed by atoms with Gasteiger partial charge in [-0.05, 0) is 0 Å². The molecule has 0 aliphatic carbocycles. The van der Waals surface area contributed by atoms with Crippen LogP contribution in [0, 0.1) is 0 Å². The second-order valence-corrected chi connectivity index (χ2v) is 5.27. The number of nitrogens with one attached hydrogen (secondary N) is 2. The summed E-state index contributed by atoms with van der Waals surface area (Å²) in [5.74, 6) is 0. The topological polar surface area (TPSA) is 149 Å². The van der Waals surface area contributed by atoms with Crippen molar-refractivity contribution in [2.75, 3.05) is 45.9 Å². The van der Waals surface area contributed by atoms with E-state index in [0.717, 1.165) is 26.2 Å². The highest BCUT2D eigenvalue weighted by molar-refractivity contribution is 4.82. The molecule has 1 fully saturated rings. The first-order valence-corrected chi connectivity index (χ1v) is 7.13. The number of rotatable bonds is 9. The number of hydrogen-bond acceptors (Lipinski definition) is 9. The minimum Gasteiger partial charge on any atom is -0.394 e. The highest BCUT2D eigenvalue weighted by Crippen LogP contribution is 2.05. The first-order chi connectivity index (χ1) is 9.95. The molecule has 1 aliphatic heterocycles. The summed E-state index contributed by atoms with van der Waals surface area (Å²) < 4.78 is 0. The van der Waals surface area contributed by atoms with Gasteiger partial charge in [0.25, 0.3) is 0 Å². The Balaban J connectivity index is 2.25. The molecule has 1 unspecified atom stereocenters. The van der Waals surface area contributed by atoms with Crippen LogP contribution in [0.15, 0.2) is 0 Å². The number of nitrogens with zero attached hydrogens (tertiary/aromatic N) is 1. The standard InChI is InChI=1S/C12H27N3O6/c16-7-9(18)12(21)11(20)8(17)5-14-10(19)6-15-3-1-13-2-4-15/h8-14,16-21H,1-7H2/t8-,9+,10?,11+,12+/m0/s1. The molecular weight excluding hydrogens is 282 g/mol. The number of hydrogen-bond donors (Lipinski definition) is 8. The molecule has 1 aliphatic rings. The Kier molecular flexibility index (Phi) is 8.56. The Bertz CT molecular complexity index is 280. The van der Waals surface area contributed by atoms with Crippen LogP contribution in [-0.4, -0.2) is 112 Å². The van der Waals surface area contributed by atoms with Gasteiger partial charge in [-0.3, -0.25) is 10.2 Å². The average Bonchev–Trinajstić information content (AvgIpc) is 2.51. The SMILES string of the molecule is OC[C@@H](O)[C@@H](O)[C@H](O)[C@@H](O)CNC(O)CN1CCNCC1. The second-order valence-electron chi connectivity index (χ2n) is 5.27. The predicted molar refractivity (Wildman–Crippen MR) is 74.4 cm³/mol. The zero-order valence-corrected chi connectivity index (χ0v) is 12.0. The fourth-order valence-corrected chi connectivity index (χ4v) is 2.14. The van der Waals surface area contributed by atoms with Gasteiger partial charge in [0.2, 0.25) is 0 Å². The van der Waals surface area contributed by atoms with E-state index in [0.29, 0.717) is 6.54 Å². The lowest BCUT2D eigenvalue weighted by atomic mass is 10.0. The van der Waals surface area contributed by atoms with Gasteiger partial charge in [-0.1, -0.05) is 0 Å². The largest absolute Gasteiger partial charge is 0.394 e. The van der Waals surface area contributed by atoms with Crippen LogP contribution in [0.2, 0.25) is 0 Å². The molecule has 0 aromatic heterocycles. The minimum absolute atomic E-state index is 0.149. The summed E-state index contributed by atoms with van der Waals surface area (Å²) >= 11 is 0. The molecule has 0 radical (unpaired) electrons. The van der Waals surface area contributed by atoms with Crippen LogP contribution in [0.1, 0.15) is 0 Å². The molecule has 0 aromatic carbocycles. The Morgan fingerprint density at radius 1 is 0.952 bits per heavy atom. The third kappa shape index (κ3) is 6.51. The molecule has 0 saturated carbocycles. The van der Waals surface area contributed by atoms with Crippen molar-refractivity contribution in [2.24, 2.45) is 0 Å². The molecule has 0 aromatic rings. The molecular formula is C12H27N3O6. The van der Waals surface area contributed by atoms with Crippen LogP contribution in [0.25, 0.3) is 0 Å². The summed E-state index contributed by atoms with van der Waals surface area (Å²) in [4.78, 5) is 2.06. The molecule has 0 amide bonds. The van der Waals surface area contributed by atoms with Crippen LogP contribution in [-0.2, 0) is 0 Å². The van der Waals surface area contributed by atoms with Crippen molar-refractivity contribution in [1.82, 2.24) is 15.5 Å². The van der Waals surface area contributed by atoms with Gasteiger partial charge in [0, 0.05) is 39.3 Å². The highest BCUT2D eigenvalue weighted by Gasteiger charge is 2.30. The lowest BCUT2D eigenvalue weighted by molar-refractivity contribution is -0.115. The van der Waals surface area contributed by atoms with Crippen molar-refractivity contribution >= 4 is 0 Å². The van der Waals surface area contributed by atoms with Crippen molar-refractivity contribution in [3.63, 3.8) is 0 Å². The summed E-state index contributed by atoms with van der Waals surface area (Å²) in [6.45, 7) is 2.90. The van der Waals surface area contributed by atoms with Gasteiger partial charge in [-0.25, -0.2) is 0 Å². The fourth-order valence-electron chi connectivity index (χ4n) is 2.14. The van der Waals surface area contributed by atoms with Crippen molar-refractivity contribution in [2.45, 2.75) is 30.6 Å². The van der Waals surface area contributed by atoms with Gasteiger partial charge in [-0.15, -0.1) is 0 Å². The summed E-state index contributed by atoms with van der Waals surface area (Å²) in [6.07, 6.45) is -7.05. The van der Waals surface area contributed by atoms with E-state index < -0.39 is 37.3 Å². The number of aliphatic hydroxyl groups is 6. The molecule has 0 spiro atoms. The van der Waals surface area contributed by atoms with Crippen molar-refractivity contribution in [3.05, 3.63) is 0 Å². The maximum Gasteiger partial charge on any atom is 0.117 e. The maximum atomic E-state index is 9.81. The smallest absolute Gasteiger partial charge is 0.117 e. The second kappa shape index (κ2) is 9.62. The molecule has 1 saturated heterocycles. The highest BCUT2D eigenvalue weighted by atomic mass is 16.4. The summed E-state index contributed by atoms with van der Waals surface area (Å²) in [6, 6.07) is 0. The predicted octanol–water partition coefficient (Wildman–Crippen LogP) is -4.76. The van der Waals surface area contributed by atoms with Gasteiger partial charge in [0.15, 0.2) is 0 Å². The normalized spacial score (nSPS) is 24.3. The van der Waals surface area contributed by atoms with Crippen LogP contribution < -0.4 is 10.6 Å². The number of β-amino-alcohol motifs (C(OH)–C–C–N with tert-alkyl or cyclic N) is 1.